The summed E-state index contributed by atoms with van der Waals surface area (Å²) in [6.07, 6.45) is 5.12. The highest BCUT2D eigenvalue weighted by molar-refractivity contribution is 5.85. The first-order chi connectivity index (χ1) is 8.75. The number of carbonyl (C=O) groups excluding carboxylic acids is 1. The van der Waals surface area contributed by atoms with Crippen LogP contribution in [0.2, 0.25) is 0 Å². The van der Waals surface area contributed by atoms with Crippen LogP contribution in [0, 0.1) is 0 Å². The Kier molecular flexibility index (Phi) is 4.52. The molecule has 0 aliphatic rings. The van der Waals surface area contributed by atoms with Gasteiger partial charge in [0.05, 0.1) is 6.33 Å². The van der Waals surface area contributed by atoms with E-state index < -0.39 is 17.5 Å². The second kappa shape index (κ2) is 5.73. The number of aromatic nitrogens is 2. The first-order valence-corrected chi connectivity index (χ1v) is 5.98. The molecule has 2 amide bonds. The number of likely N-dealkylation sites (N-methyl/N-ethyl adjacent to an activating group) is 1. The molecule has 1 unspecified atom stereocenters. The molecule has 0 saturated heterocycles. The van der Waals surface area contributed by atoms with E-state index in [1.165, 1.54) is 25.8 Å². The summed E-state index contributed by atoms with van der Waals surface area (Å²) < 4.78 is 1.84. The third-order valence-electron chi connectivity index (χ3n) is 3.08. The highest BCUT2D eigenvalue weighted by Crippen LogP contribution is 2.12. The summed E-state index contributed by atoms with van der Waals surface area (Å²) in [5, 5.41) is 11.8. The number of amides is 2. The van der Waals surface area contributed by atoms with Crippen LogP contribution in [-0.4, -0.2) is 50.2 Å². The fraction of sp³-hybridized carbons (Fsp3) is 0.583. The number of nitrogens with one attached hydrogen (secondary N) is 1. The highest BCUT2D eigenvalue weighted by atomic mass is 16.4. The van der Waals surface area contributed by atoms with Crippen molar-refractivity contribution < 1.29 is 14.7 Å². The van der Waals surface area contributed by atoms with E-state index in [4.69, 9.17) is 5.11 Å². The van der Waals surface area contributed by atoms with Crippen LogP contribution < -0.4 is 5.32 Å². The van der Waals surface area contributed by atoms with Gasteiger partial charge in [-0.3, -0.25) is 0 Å². The van der Waals surface area contributed by atoms with Gasteiger partial charge in [0.15, 0.2) is 0 Å². The molecule has 1 atom stereocenters. The van der Waals surface area contributed by atoms with Crippen molar-refractivity contribution in [2.24, 2.45) is 0 Å². The molecule has 7 heteroatoms. The van der Waals surface area contributed by atoms with E-state index in [0.717, 1.165) is 0 Å². The van der Waals surface area contributed by atoms with Crippen LogP contribution in [0.25, 0.3) is 0 Å². The van der Waals surface area contributed by atoms with Crippen LogP contribution in [0.4, 0.5) is 4.79 Å². The third kappa shape index (κ3) is 3.70. The lowest BCUT2D eigenvalue weighted by Gasteiger charge is -2.32. The monoisotopic (exact) mass is 268 g/mol. The summed E-state index contributed by atoms with van der Waals surface area (Å²) in [6.45, 7) is 5.39. The maximum Gasteiger partial charge on any atom is 0.329 e. The van der Waals surface area contributed by atoms with Gasteiger partial charge in [0.25, 0.3) is 0 Å². The van der Waals surface area contributed by atoms with Crippen molar-refractivity contribution in [1.82, 2.24) is 19.8 Å². The van der Waals surface area contributed by atoms with Gasteiger partial charge in [-0.05, 0) is 20.8 Å². The molecule has 0 radical (unpaired) electrons. The lowest BCUT2D eigenvalue weighted by Crippen LogP contribution is -2.55. The Hall–Kier alpha value is -2.05. The van der Waals surface area contributed by atoms with Crippen molar-refractivity contribution >= 4 is 12.0 Å². The van der Waals surface area contributed by atoms with Gasteiger partial charge in [0.2, 0.25) is 0 Å². The van der Waals surface area contributed by atoms with Crippen LogP contribution in [0.1, 0.15) is 20.8 Å². The molecular formula is C12H20N4O3. The summed E-state index contributed by atoms with van der Waals surface area (Å²) in [7, 11) is 1.47. The Morgan fingerprint density at radius 2 is 2.16 bits per heavy atom. The van der Waals surface area contributed by atoms with Gasteiger partial charge in [-0.25, -0.2) is 14.6 Å². The Morgan fingerprint density at radius 3 is 2.63 bits per heavy atom. The summed E-state index contributed by atoms with van der Waals surface area (Å²) in [5.41, 5.74) is -1.25. The van der Waals surface area contributed by atoms with Gasteiger partial charge >= 0.3 is 12.0 Å². The van der Waals surface area contributed by atoms with Gasteiger partial charge in [-0.15, -0.1) is 0 Å². The molecule has 0 fully saturated rings. The van der Waals surface area contributed by atoms with Gasteiger partial charge in [-0.2, -0.15) is 0 Å². The number of urea groups is 1. The number of nitrogens with zero attached hydrogens (tertiary/aromatic N) is 3. The van der Waals surface area contributed by atoms with Crippen molar-refractivity contribution in [1.29, 1.82) is 0 Å². The van der Waals surface area contributed by atoms with Crippen molar-refractivity contribution in [3.8, 4) is 0 Å². The van der Waals surface area contributed by atoms with Crippen molar-refractivity contribution in [2.75, 3.05) is 7.05 Å². The minimum absolute atomic E-state index is 0.131. The minimum Gasteiger partial charge on any atom is -0.480 e. The van der Waals surface area contributed by atoms with Gasteiger partial charge in [0, 0.05) is 32.0 Å². The molecule has 7 nitrogen and oxygen atoms in total. The molecule has 106 valence electrons. The number of carboxylic acid groups (broad SMARTS) is 1. The summed E-state index contributed by atoms with van der Waals surface area (Å²) in [6, 6.07) is -0.547. The minimum atomic E-state index is -1.25. The molecule has 19 heavy (non-hydrogen) atoms. The van der Waals surface area contributed by atoms with E-state index in [9.17, 15) is 9.59 Å². The molecule has 1 heterocycles. The number of hydrogen-bond donors (Lipinski definition) is 2. The second-order valence-electron chi connectivity index (χ2n) is 5.03. The van der Waals surface area contributed by atoms with Gasteiger partial charge in [-0.1, -0.05) is 0 Å². The van der Waals surface area contributed by atoms with E-state index >= 15 is 0 Å². The highest BCUT2D eigenvalue weighted by Gasteiger charge is 2.35. The van der Waals surface area contributed by atoms with Crippen LogP contribution in [0.15, 0.2) is 18.7 Å². The molecule has 0 saturated carbocycles. The van der Waals surface area contributed by atoms with Crippen LogP contribution in [0.3, 0.4) is 0 Å². The largest absolute Gasteiger partial charge is 0.480 e. The van der Waals surface area contributed by atoms with E-state index in [2.05, 4.69) is 10.3 Å². The second-order valence-corrected chi connectivity index (χ2v) is 5.03. The zero-order chi connectivity index (χ0) is 14.6. The maximum absolute atomic E-state index is 12.0. The summed E-state index contributed by atoms with van der Waals surface area (Å²) in [4.78, 5) is 28.1. The molecule has 0 aliphatic carbocycles. The Bertz CT molecular complexity index is 442. The fourth-order valence-electron chi connectivity index (χ4n) is 1.46. The normalized spacial score (nSPS) is 12.8. The molecular weight excluding hydrogens is 248 g/mol. The van der Waals surface area contributed by atoms with E-state index in [0.29, 0.717) is 6.54 Å². The number of rotatable bonds is 5. The number of imidazole rings is 1. The molecule has 0 spiro atoms. The lowest BCUT2D eigenvalue weighted by atomic mass is 10.0. The quantitative estimate of drug-likeness (QED) is 0.826. The Morgan fingerprint density at radius 1 is 1.53 bits per heavy atom. The third-order valence-corrected chi connectivity index (χ3v) is 3.08. The topological polar surface area (TPSA) is 87.5 Å². The predicted molar refractivity (Wildman–Crippen MR) is 69.7 cm³/mol. The lowest BCUT2D eigenvalue weighted by molar-refractivity contribution is -0.146. The zero-order valence-electron chi connectivity index (χ0n) is 11.6. The van der Waals surface area contributed by atoms with Gasteiger partial charge in [0.1, 0.15) is 5.54 Å². The van der Waals surface area contributed by atoms with E-state index in [1.54, 1.807) is 18.7 Å². The summed E-state index contributed by atoms with van der Waals surface area (Å²) in [5.74, 6) is -1.05. The molecule has 1 rings (SSSR count). The smallest absolute Gasteiger partial charge is 0.329 e. The first kappa shape index (κ1) is 15.0. The van der Waals surface area contributed by atoms with E-state index in [-0.39, 0.29) is 6.04 Å². The van der Waals surface area contributed by atoms with Crippen LogP contribution in [0.5, 0.6) is 0 Å². The van der Waals surface area contributed by atoms with Crippen molar-refractivity contribution in [3.63, 3.8) is 0 Å². The SMILES string of the molecule is CC(Cn1ccnc1)NC(=O)N(C)C(C)(C)C(=O)O. The fourth-order valence-corrected chi connectivity index (χ4v) is 1.46. The summed E-state index contributed by atoms with van der Waals surface area (Å²) >= 11 is 0. The number of hydrogen-bond acceptors (Lipinski definition) is 3. The van der Waals surface area contributed by atoms with Crippen LogP contribution >= 0.6 is 0 Å². The molecule has 0 bridgehead atoms. The zero-order valence-corrected chi connectivity index (χ0v) is 11.6. The Labute approximate surface area is 112 Å². The van der Waals surface area contributed by atoms with Gasteiger partial charge < -0.3 is 19.9 Å². The number of carboxylic acids is 1. The first-order valence-electron chi connectivity index (χ1n) is 5.98. The predicted octanol–water partition coefficient (Wildman–Crippen LogP) is 0.776. The average Bonchev–Trinajstić information content (AvgIpc) is 2.80. The molecule has 0 aromatic carbocycles. The van der Waals surface area contributed by atoms with Crippen molar-refractivity contribution in [2.45, 2.75) is 38.9 Å². The average molecular weight is 268 g/mol. The number of aliphatic carboxylic acids is 1. The molecule has 0 aliphatic heterocycles. The van der Waals surface area contributed by atoms with Crippen molar-refractivity contribution in [3.05, 3.63) is 18.7 Å². The number of carbonyl (C=O) groups is 2. The Balaban J connectivity index is 2.57. The molecule has 2 N–H and O–H groups in total. The molecule has 1 aromatic heterocycles. The van der Waals surface area contributed by atoms with E-state index in [1.807, 2.05) is 11.5 Å². The standard InChI is InChI=1S/C12H20N4O3/c1-9(7-16-6-5-13-8-16)14-11(19)15(4)12(2,3)10(17)18/h5-6,8-9H,7H2,1-4H3,(H,14,19)(H,17,18). The molecule has 1 aromatic rings. The maximum atomic E-state index is 12.0. The van der Waals surface area contributed by atoms with Crippen LogP contribution in [-0.2, 0) is 11.3 Å².